The monoisotopic (exact) mass is 415 g/mol. The maximum atomic E-state index is 16.9. The van der Waals surface area contributed by atoms with E-state index in [9.17, 15) is 24.9 Å². The molecule has 0 radical (unpaired) electrons. The second kappa shape index (κ2) is 7.07. The summed E-state index contributed by atoms with van der Waals surface area (Å²) >= 11 is 0. The van der Waals surface area contributed by atoms with Gasteiger partial charge < -0.3 is 15.3 Å². The van der Waals surface area contributed by atoms with Crippen LogP contribution in [0.4, 0.5) is 4.39 Å². The van der Waals surface area contributed by atoms with Gasteiger partial charge in [-0.1, -0.05) is 25.5 Å². The van der Waals surface area contributed by atoms with Crippen molar-refractivity contribution in [1.82, 2.24) is 0 Å². The summed E-state index contributed by atoms with van der Waals surface area (Å²) in [6.45, 7) is 4.48. The van der Waals surface area contributed by atoms with Gasteiger partial charge >= 0.3 is 29.6 Å². The maximum absolute atomic E-state index is 16.9. The summed E-state index contributed by atoms with van der Waals surface area (Å²) in [5.41, 5.74) is -5.17. The minimum Gasteiger partial charge on any atom is -0.390 e. The Bertz CT molecular complexity index is 811. The molecule has 8 atom stereocenters. The molecule has 0 aromatic rings. The van der Waals surface area contributed by atoms with Crippen LogP contribution >= 0.6 is 0 Å². The van der Waals surface area contributed by atoms with Crippen molar-refractivity contribution in [3.63, 3.8) is 0 Å². The van der Waals surface area contributed by atoms with Crippen molar-refractivity contribution in [2.45, 2.75) is 63.8 Å². The minimum atomic E-state index is -1.98. The Balaban J connectivity index is 0.00000240. The van der Waals surface area contributed by atoms with Crippen LogP contribution in [0.5, 0.6) is 0 Å². The summed E-state index contributed by atoms with van der Waals surface area (Å²) in [4.78, 5) is 24.4. The van der Waals surface area contributed by atoms with Crippen LogP contribution in [0, 0.1) is 28.6 Å². The molecular formula is C22H29FNaO5+. The van der Waals surface area contributed by atoms with Crippen LogP contribution in [-0.2, 0) is 9.59 Å². The van der Waals surface area contributed by atoms with E-state index in [-0.39, 0.29) is 47.7 Å². The number of ketones is 2. The zero-order chi connectivity index (χ0) is 20.7. The SMILES string of the molecule is C[C@H]1C[C@H]2[C@@H]3CCC4=CC(=O)C=C[C@]4(C)[C@@]3(F)[C@@H](O)C[C@]2(C)[C@@]1(O)C(=O)CO.[Na+]. The molecule has 7 heteroatoms. The molecule has 4 aliphatic carbocycles. The maximum Gasteiger partial charge on any atom is 1.00 e. The van der Waals surface area contributed by atoms with E-state index < -0.39 is 52.4 Å². The van der Waals surface area contributed by atoms with Gasteiger partial charge in [-0.05, 0) is 56.6 Å². The molecular weight excluding hydrogens is 386 g/mol. The third-order valence-electron chi connectivity index (χ3n) is 8.79. The van der Waals surface area contributed by atoms with Gasteiger partial charge in [-0.3, -0.25) is 9.59 Å². The summed E-state index contributed by atoms with van der Waals surface area (Å²) in [5.74, 6) is -2.12. The first kappa shape index (κ1) is 23.3. The molecule has 154 valence electrons. The van der Waals surface area contributed by atoms with Gasteiger partial charge in [-0.25, -0.2) is 4.39 Å². The first-order chi connectivity index (χ1) is 13.0. The molecule has 0 saturated heterocycles. The van der Waals surface area contributed by atoms with Crippen molar-refractivity contribution in [3.8, 4) is 0 Å². The average Bonchev–Trinajstić information content (AvgIpc) is 2.84. The summed E-state index contributed by atoms with van der Waals surface area (Å²) in [5, 5.41) is 32.0. The molecule has 0 aromatic heterocycles. The van der Waals surface area contributed by atoms with Crippen LogP contribution in [0.2, 0.25) is 0 Å². The molecule has 0 heterocycles. The van der Waals surface area contributed by atoms with E-state index in [1.54, 1.807) is 26.8 Å². The number of hydrogen-bond donors (Lipinski definition) is 3. The van der Waals surface area contributed by atoms with Gasteiger partial charge in [0.25, 0.3) is 0 Å². The second-order valence-corrected chi connectivity index (χ2v) is 9.75. The number of rotatable bonds is 2. The number of halogens is 1. The van der Waals surface area contributed by atoms with Crippen molar-refractivity contribution < 1.29 is 58.9 Å². The van der Waals surface area contributed by atoms with Crippen LogP contribution in [0.15, 0.2) is 23.8 Å². The Hall–Kier alpha value is -0.370. The number of fused-ring (bicyclic) bond motifs is 5. The Labute approximate surface area is 192 Å². The van der Waals surface area contributed by atoms with E-state index in [4.69, 9.17) is 0 Å². The molecule has 29 heavy (non-hydrogen) atoms. The van der Waals surface area contributed by atoms with Crippen LogP contribution in [0.3, 0.4) is 0 Å². The zero-order valence-electron chi connectivity index (χ0n) is 17.6. The van der Waals surface area contributed by atoms with Crippen LogP contribution in [-0.4, -0.2) is 50.9 Å². The molecule has 3 fully saturated rings. The summed E-state index contributed by atoms with van der Waals surface area (Å²) in [6, 6.07) is 0. The predicted molar refractivity (Wildman–Crippen MR) is 99.9 cm³/mol. The Morgan fingerprint density at radius 1 is 1.31 bits per heavy atom. The normalized spacial score (nSPS) is 50.7. The van der Waals surface area contributed by atoms with E-state index in [0.29, 0.717) is 24.8 Å². The molecule has 0 bridgehead atoms. The first-order valence-electron chi connectivity index (χ1n) is 10.1. The number of allylic oxidation sites excluding steroid dienone is 4. The average molecular weight is 415 g/mol. The van der Waals surface area contributed by atoms with Crippen LogP contribution in [0.25, 0.3) is 0 Å². The van der Waals surface area contributed by atoms with Crippen molar-refractivity contribution in [2.24, 2.45) is 28.6 Å². The first-order valence-corrected chi connectivity index (χ1v) is 10.1. The standard InChI is InChI=1S/C22H29FO5.Na/c1-12-8-16-15-5-4-13-9-14(25)6-7-19(13,2)21(15,23)17(26)10-20(16,3)22(12,28)18(27)11-24;/h6-7,9,12,15-17,24,26,28H,4-5,8,10-11H2,1-3H3;/q;+1/t12-,15-,16-,17-,19-,20-,21-,22-;/m0./s1. The number of aliphatic hydroxyl groups is 3. The summed E-state index contributed by atoms with van der Waals surface area (Å²) in [7, 11) is 0. The molecule has 0 amide bonds. The van der Waals surface area contributed by atoms with Crippen molar-refractivity contribution in [2.75, 3.05) is 6.61 Å². The number of carbonyl (C=O) groups excluding carboxylic acids is 2. The predicted octanol–water partition coefficient (Wildman–Crippen LogP) is -1.10. The van der Waals surface area contributed by atoms with Crippen LogP contribution in [0.1, 0.15) is 46.5 Å². The molecule has 0 aromatic carbocycles. The topological polar surface area (TPSA) is 94.8 Å². The van der Waals surface area contributed by atoms with Gasteiger partial charge in [0.2, 0.25) is 0 Å². The largest absolute Gasteiger partial charge is 1.00 e. The molecule has 0 aliphatic heterocycles. The van der Waals surface area contributed by atoms with E-state index in [0.717, 1.165) is 0 Å². The van der Waals surface area contributed by atoms with Gasteiger partial charge in [0.05, 0.1) is 6.10 Å². The molecule has 3 N–H and O–H groups in total. The molecule has 4 rings (SSSR count). The van der Waals surface area contributed by atoms with Gasteiger partial charge in [0, 0.05) is 16.7 Å². The van der Waals surface area contributed by atoms with Crippen molar-refractivity contribution in [3.05, 3.63) is 23.8 Å². The molecule has 4 aliphatic rings. The molecule has 5 nitrogen and oxygen atoms in total. The number of alkyl halides is 1. The third-order valence-corrected chi connectivity index (χ3v) is 8.79. The quantitative estimate of drug-likeness (QED) is 0.498. The zero-order valence-corrected chi connectivity index (χ0v) is 19.6. The van der Waals surface area contributed by atoms with Gasteiger partial charge in [-0.2, -0.15) is 0 Å². The Kier molecular flexibility index (Phi) is 5.68. The van der Waals surface area contributed by atoms with E-state index in [1.165, 1.54) is 12.2 Å². The van der Waals surface area contributed by atoms with Gasteiger partial charge in [-0.15, -0.1) is 0 Å². The number of carbonyl (C=O) groups is 2. The van der Waals surface area contributed by atoms with Gasteiger partial charge in [0.1, 0.15) is 12.2 Å². The minimum absolute atomic E-state index is 0. The van der Waals surface area contributed by atoms with Crippen LogP contribution < -0.4 is 29.6 Å². The smallest absolute Gasteiger partial charge is 0.390 e. The fourth-order valence-corrected chi connectivity index (χ4v) is 7.26. The summed E-state index contributed by atoms with van der Waals surface area (Å²) in [6.07, 6.45) is 4.44. The molecule has 3 saturated carbocycles. The van der Waals surface area contributed by atoms with Crippen molar-refractivity contribution in [1.29, 1.82) is 0 Å². The van der Waals surface area contributed by atoms with E-state index in [2.05, 4.69) is 0 Å². The molecule has 0 spiro atoms. The number of aliphatic hydroxyl groups excluding tert-OH is 2. The third kappa shape index (κ3) is 2.60. The number of Topliss-reactive ketones (excluding diaryl/α,β-unsaturated/α-hetero) is 1. The Morgan fingerprint density at radius 2 is 1.97 bits per heavy atom. The Morgan fingerprint density at radius 3 is 2.59 bits per heavy atom. The number of hydrogen-bond acceptors (Lipinski definition) is 5. The molecule has 0 unspecified atom stereocenters. The van der Waals surface area contributed by atoms with E-state index >= 15 is 4.39 Å². The van der Waals surface area contributed by atoms with Gasteiger partial charge in [0.15, 0.2) is 17.2 Å². The van der Waals surface area contributed by atoms with E-state index in [1.807, 2.05) is 0 Å². The fourth-order valence-electron chi connectivity index (χ4n) is 7.26. The van der Waals surface area contributed by atoms with Crippen molar-refractivity contribution >= 4 is 11.6 Å². The second-order valence-electron chi connectivity index (χ2n) is 9.75. The summed E-state index contributed by atoms with van der Waals surface area (Å²) < 4.78 is 16.9. The fraction of sp³-hybridized carbons (Fsp3) is 0.727.